The molecule has 0 amide bonds. The standard InChI is InChI=1S/2C6H6O2.H3P/c2*7-5-3-1-2-4-6(5)8;/h2*1-4,7-8H;1H3. The number of rotatable bonds is 0. The van der Waals surface area contributed by atoms with Gasteiger partial charge in [-0.1, -0.05) is 24.3 Å². The highest BCUT2D eigenvalue weighted by molar-refractivity contribution is 6.92. The summed E-state index contributed by atoms with van der Waals surface area (Å²) in [6.45, 7) is 0. The molecule has 2 aromatic carbocycles. The first kappa shape index (κ1) is 15.1. The summed E-state index contributed by atoms with van der Waals surface area (Å²) in [7, 11) is 0. The minimum atomic E-state index is -0.0764. The normalized spacial score (nSPS) is 8.47. The lowest BCUT2D eigenvalue weighted by atomic mass is 10.3. The lowest BCUT2D eigenvalue weighted by Crippen LogP contribution is -1.63. The summed E-state index contributed by atoms with van der Waals surface area (Å²) in [6.07, 6.45) is 0. The highest BCUT2D eigenvalue weighted by Gasteiger charge is 1.90. The third kappa shape index (κ3) is 5.09. The minimum Gasteiger partial charge on any atom is -0.504 e. The van der Waals surface area contributed by atoms with Gasteiger partial charge in [0, 0.05) is 0 Å². The van der Waals surface area contributed by atoms with Crippen LogP contribution in [-0.2, 0) is 0 Å². The maximum absolute atomic E-state index is 8.67. The van der Waals surface area contributed by atoms with Crippen molar-refractivity contribution in [2.75, 3.05) is 0 Å². The Morgan fingerprint density at radius 3 is 0.765 bits per heavy atom. The van der Waals surface area contributed by atoms with Gasteiger partial charge in [-0.2, -0.15) is 9.90 Å². The van der Waals surface area contributed by atoms with Gasteiger partial charge in [0.25, 0.3) is 0 Å². The van der Waals surface area contributed by atoms with Crippen LogP contribution in [0.25, 0.3) is 0 Å². The highest BCUT2D eigenvalue weighted by atomic mass is 31.0. The van der Waals surface area contributed by atoms with Crippen molar-refractivity contribution in [1.29, 1.82) is 0 Å². The van der Waals surface area contributed by atoms with Crippen molar-refractivity contribution < 1.29 is 20.4 Å². The molecule has 2 aromatic rings. The molecule has 0 bridgehead atoms. The molecule has 0 spiro atoms. The monoisotopic (exact) mass is 254 g/mol. The maximum Gasteiger partial charge on any atom is 0.157 e. The molecular formula is C12H15O4P. The molecule has 1 atom stereocenters. The van der Waals surface area contributed by atoms with Crippen molar-refractivity contribution in [1.82, 2.24) is 0 Å². The number of phenolic OH excluding ortho intramolecular Hbond substituents is 4. The fourth-order valence-electron chi connectivity index (χ4n) is 0.928. The van der Waals surface area contributed by atoms with E-state index in [1.807, 2.05) is 0 Å². The molecule has 0 saturated heterocycles. The molecule has 0 aliphatic heterocycles. The van der Waals surface area contributed by atoms with Gasteiger partial charge < -0.3 is 20.4 Å². The van der Waals surface area contributed by atoms with Gasteiger partial charge in [0.2, 0.25) is 0 Å². The number of para-hydroxylation sites is 4. The zero-order valence-corrected chi connectivity index (χ0v) is 10.5. The predicted octanol–water partition coefficient (Wildman–Crippen LogP) is 2.25. The smallest absolute Gasteiger partial charge is 0.157 e. The first-order chi connectivity index (χ1) is 7.61. The van der Waals surface area contributed by atoms with Crippen LogP contribution in [0.2, 0.25) is 0 Å². The number of hydrogen-bond donors (Lipinski definition) is 4. The summed E-state index contributed by atoms with van der Waals surface area (Å²) >= 11 is 0. The van der Waals surface area contributed by atoms with E-state index in [1.165, 1.54) is 24.3 Å². The molecular weight excluding hydrogens is 239 g/mol. The van der Waals surface area contributed by atoms with E-state index < -0.39 is 0 Å². The molecule has 5 heteroatoms. The van der Waals surface area contributed by atoms with Crippen LogP contribution in [0.1, 0.15) is 0 Å². The zero-order chi connectivity index (χ0) is 12.0. The SMILES string of the molecule is Oc1ccccc1O.Oc1ccccc1O.P. The van der Waals surface area contributed by atoms with Gasteiger partial charge in [-0.25, -0.2) is 0 Å². The van der Waals surface area contributed by atoms with Gasteiger partial charge in [0.15, 0.2) is 23.0 Å². The van der Waals surface area contributed by atoms with Gasteiger partial charge in [-0.15, -0.1) is 0 Å². The molecule has 0 aliphatic carbocycles. The molecule has 0 radical (unpaired) electrons. The lowest BCUT2D eigenvalue weighted by molar-refractivity contribution is 0.404. The van der Waals surface area contributed by atoms with Crippen LogP contribution in [0.4, 0.5) is 0 Å². The Balaban J connectivity index is 0.000000284. The molecule has 0 fully saturated rings. The molecule has 4 nitrogen and oxygen atoms in total. The first-order valence-corrected chi connectivity index (χ1v) is 4.55. The fraction of sp³-hybridized carbons (Fsp3) is 0. The van der Waals surface area contributed by atoms with Crippen LogP contribution in [-0.4, -0.2) is 20.4 Å². The van der Waals surface area contributed by atoms with Gasteiger partial charge in [0.05, 0.1) is 0 Å². The molecule has 0 aliphatic rings. The third-order valence-electron chi connectivity index (χ3n) is 1.76. The van der Waals surface area contributed by atoms with Crippen LogP contribution in [0.3, 0.4) is 0 Å². The second kappa shape index (κ2) is 7.36. The van der Waals surface area contributed by atoms with Gasteiger partial charge in [-0.3, -0.25) is 0 Å². The van der Waals surface area contributed by atoms with E-state index >= 15 is 0 Å². The molecule has 0 aromatic heterocycles. The van der Waals surface area contributed by atoms with Gasteiger partial charge in [0.1, 0.15) is 0 Å². The Kier molecular flexibility index (Phi) is 6.53. The molecule has 2 rings (SSSR count). The summed E-state index contributed by atoms with van der Waals surface area (Å²) in [4.78, 5) is 0. The topological polar surface area (TPSA) is 80.9 Å². The van der Waals surface area contributed by atoms with Gasteiger partial charge >= 0.3 is 0 Å². The van der Waals surface area contributed by atoms with Crippen molar-refractivity contribution in [3.05, 3.63) is 48.5 Å². The average molecular weight is 254 g/mol. The van der Waals surface area contributed by atoms with E-state index in [1.54, 1.807) is 24.3 Å². The molecule has 17 heavy (non-hydrogen) atoms. The molecule has 0 saturated carbocycles. The lowest BCUT2D eigenvalue weighted by Gasteiger charge is -1.91. The number of benzene rings is 2. The number of hydrogen-bond acceptors (Lipinski definition) is 4. The zero-order valence-electron chi connectivity index (χ0n) is 9.11. The summed E-state index contributed by atoms with van der Waals surface area (Å²) in [5.41, 5.74) is 0. The summed E-state index contributed by atoms with van der Waals surface area (Å²) in [5, 5.41) is 34.7. The van der Waals surface area contributed by atoms with E-state index in [9.17, 15) is 0 Å². The quantitative estimate of drug-likeness (QED) is 0.429. The number of aromatic hydroxyl groups is 4. The molecule has 4 N–H and O–H groups in total. The minimum absolute atomic E-state index is 0. The van der Waals surface area contributed by atoms with E-state index in [2.05, 4.69) is 0 Å². The third-order valence-corrected chi connectivity index (χ3v) is 1.76. The summed E-state index contributed by atoms with van der Waals surface area (Å²) in [6, 6.07) is 12.3. The van der Waals surface area contributed by atoms with Crippen LogP contribution >= 0.6 is 9.90 Å². The van der Waals surface area contributed by atoms with Crippen molar-refractivity contribution in [3.8, 4) is 23.0 Å². The van der Waals surface area contributed by atoms with Crippen molar-refractivity contribution in [3.63, 3.8) is 0 Å². The second-order valence-electron chi connectivity index (χ2n) is 2.98. The Labute approximate surface area is 102 Å². The van der Waals surface area contributed by atoms with Crippen molar-refractivity contribution in [2.24, 2.45) is 0 Å². The van der Waals surface area contributed by atoms with Gasteiger partial charge in [-0.05, 0) is 24.3 Å². The van der Waals surface area contributed by atoms with E-state index in [4.69, 9.17) is 20.4 Å². The fourth-order valence-corrected chi connectivity index (χ4v) is 0.928. The van der Waals surface area contributed by atoms with Crippen molar-refractivity contribution >= 4 is 9.90 Å². The molecule has 0 heterocycles. The Bertz CT molecular complexity index is 374. The molecule has 1 unspecified atom stereocenters. The van der Waals surface area contributed by atoms with E-state index in [-0.39, 0.29) is 32.9 Å². The highest BCUT2D eigenvalue weighted by Crippen LogP contribution is 2.21. The maximum atomic E-state index is 8.67. The number of phenols is 4. The van der Waals surface area contributed by atoms with Crippen LogP contribution in [0, 0.1) is 0 Å². The average Bonchev–Trinajstić information content (AvgIpc) is 2.28. The summed E-state index contributed by atoms with van der Waals surface area (Å²) < 4.78 is 0. The Morgan fingerprint density at radius 2 is 0.647 bits per heavy atom. The Hall–Kier alpha value is -1.93. The first-order valence-electron chi connectivity index (χ1n) is 4.55. The summed E-state index contributed by atoms with van der Waals surface area (Å²) in [5.74, 6) is -0.306. The van der Waals surface area contributed by atoms with E-state index in [0.29, 0.717) is 0 Å². The van der Waals surface area contributed by atoms with Crippen LogP contribution in [0.15, 0.2) is 48.5 Å². The predicted molar refractivity (Wildman–Crippen MR) is 70.6 cm³/mol. The van der Waals surface area contributed by atoms with Crippen LogP contribution < -0.4 is 0 Å². The van der Waals surface area contributed by atoms with Crippen molar-refractivity contribution in [2.45, 2.75) is 0 Å². The largest absolute Gasteiger partial charge is 0.504 e. The van der Waals surface area contributed by atoms with E-state index in [0.717, 1.165) is 0 Å². The van der Waals surface area contributed by atoms with Crippen LogP contribution in [0.5, 0.6) is 23.0 Å². The molecule has 92 valence electrons. The Morgan fingerprint density at radius 1 is 0.471 bits per heavy atom. The second-order valence-corrected chi connectivity index (χ2v) is 2.98.